The lowest BCUT2D eigenvalue weighted by molar-refractivity contribution is -0.122. The third kappa shape index (κ3) is 4.85. The summed E-state index contributed by atoms with van der Waals surface area (Å²) in [6, 6.07) is 0.252. The molecule has 0 bridgehead atoms. The summed E-state index contributed by atoms with van der Waals surface area (Å²) < 4.78 is 0. The Hall–Kier alpha value is -0.610. The molecule has 1 amide bonds. The molecule has 0 aromatic heterocycles. The molecule has 0 radical (unpaired) electrons. The molecule has 4 heteroatoms. The number of likely N-dealkylation sites (N-methyl/N-ethyl adjacent to an activating group) is 2. The number of nitrogens with zero attached hydrogens (tertiary/aromatic N) is 1. The number of carbonyl (C=O) groups excluding carboxylic acids is 1. The first-order chi connectivity index (χ1) is 5.99. The Morgan fingerprint density at radius 1 is 1.38 bits per heavy atom. The summed E-state index contributed by atoms with van der Waals surface area (Å²) in [6.45, 7) is 4.61. The Balaban J connectivity index is 3.70. The van der Waals surface area contributed by atoms with Crippen LogP contribution in [-0.4, -0.2) is 50.6 Å². The van der Waals surface area contributed by atoms with Gasteiger partial charge in [-0.1, -0.05) is 0 Å². The second-order valence-electron chi connectivity index (χ2n) is 3.57. The van der Waals surface area contributed by atoms with Crippen molar-refractivity contribution in [3.8, 4) is 0 Å². The molecule has 0 aromatic rings. The van der Waals surface area contributed by atoms with Crippen LogP contribution in [0.4, 0.5) is 0 Å². The van der Waals surface area contributed by atoms with Gasteiger partial charge in [0.1, 0.15) is 0 Å². The van der Waals surface area contributed by atoms with Crippen molar-refractivity contribution < 1.29 is 4.79 Å². The van der Waals surface area contributed by atoms with Gasteiger partial charge in [-0.3, -0.25) is 4.79 Å². The lowest BCUT2D eigenvalue weighted by Gasteiger charge is -2.21. The van der Waals surface area contributed by atoms with Gasteiger partial charge in [-0.05, 0) is 35.0 Å². The molecule has 4 nitrogen and oxygen atoms in total. The zero-order valence-electron chi connectivity index (χ0n) is 9.22. The molecule has 0 spiro atoms. The fourth-order valence-corrected chi connectivity index (χ4v) is 0.715. The van der Waals surface area contributed by atoms with Crippen molar-refractivity contribution in [1.82, 2.24) is 15.5 Å². The molecule has 0 aliphatic rings. The van der Waals surface area contributed by atoms with Crippen molar-refractivity contribution in [2.45, 2.75) is 25.9 Å². The molecule has 0 saturated heterocycles. The molecular formula is C9H21N3O. The predicted octanol–water partition coefficient (Wildman–Crippen LogP) is -0.339. The Morgan fingerprint density at radius 3 is 2.31 bits per heavy atom. The van der Waals surface area contributed by atoms with Gasteiger partial charge in [0.15, 0.2) is 0 Å². The maximum absolute atomic E-state index is 11.3. The molecule has 0 heterocycles. The van der Waals surface area contributed by atoms with Gasteiger partial charge >= 0.3 is 0 Å². The van der Waals surface area contributed by atoms with E-state index in [-0.39, 0.29) is 11.9 Å². The van der Waals surface area contributed by atoms with Gasteiger partial charge in [0.2, 0.25) is 5.91 Å². The van der Waals surface area contributed by atoms with Crippen molar-refractivity contribution in [3.05, 3.63) is 0 Å². The van der Waals surface area contributed by atoms with Crippen LogP contribution in [0.3, 0.4) is 0 Å². The van der Waals surface area contributed by atoms with Crippen LogP contribution in [0.5, 0.6) is 0 Å². The Morgan fingerprint density at radius 2 is 1.92 bits per heavy atom. The van der Waals surface area contributed by atoms with E-state index in [9.17, 15) is 4.79 Å². The molecule has 78 valence electrons. The average molecular weight is 187 g/mol. The van der Waals surface area contributed by atoms with Crippen LogP contribution in [0, 0.1) is 0 Å². The van der Waals surface area contributed by atoms with E-state index in [1.807, 2.05) is 21.0 Å². The molecule has 13 heavy (non-hydrogen) atoms. The monoisotopic (exact) mass is 187 g/mol. The minimum Gasteiger partial charge on any atom is -0.353 e. The summed E-state index contributed by atoms with van der Waals surface area (Å²) in [4.78, 5) is 13.4. The summed E-state index contributed by atoms with van der Waals surface area (Å²) in [6.07, 6.45) is 0. The lowest BCUT2D eigenvalue weighted by Crippen LogP contribution is -2.45. The van der Waals surface area contributed by atoms with Crippen molar-refractivity contribution >= 4 is 5.91 Å². The first kappa shape index (κ1) is 12.4. The highest BCUT2D eigenvalue weighted by Crippen LogP contribution is 1.89. The van der Waals surface area contributed by atoms with Gasteiger partial charge in [0, 0.05) is 12.6 Å². The summed E-state index contributed by atoms with van der Waals surface area (Å²) in [5.74, 6) is 0.0520. The standard InChI is InChI=1S/C9H21N3O/c1-7(12(4)5)6-11-9(13)8(2)10-3/h7-8,10H,6H2,1-5H3,(H,11,13). The van der Waals surface area contributed by atoms with E-state index >= 15 is 0 Å². The maximum atomic E-state index is 11.3. The third-order valence-corrected chi connectivity index (χ3v) is 2.28. The van der Waals surface area contributed by atoms with Crippen LogP contribution in [0.1, 0.15) is 13.8 Å². The molecular weight excluding hydrogens is 166 g/mol. The number of carbonyl (C=O) groups is 1. The number of hydrogen-bond donors (Lipinski definition) is 2. The van der Waals surface area contributed by atoms with Crippen LogP contribution in [0.25, 0.3) is 0 Å². The minimum atomic E-state index is -0.116. The van der Waals surface area contributed by atoms with Crippen molar-refractivity contribution in [3.63, 3.8) is 0 Å². The molecule has 0 aliphatic carbocycles. The highest BCUT2D eigenvalue weighted by Gasteiger charge is 2.11. The van der Waals surface area contributed by atoms with E-state index in [1.165, 1.54) is 0 Å². The SMILES string of the molecule is CNC(C)C(=O)NCC(C)N(C)C. The predicted molar refractivity (Wildman–Crippen MR) is 54.7 cm³/mol. The largest absolute Gasteiger partial charge is 0.353 e. The quantitative estimate of drug-likeness (QED) is 0.619. The summed E-state index contributed by atoms with van der Waals surface area (Å²) in [5.41, 5.74) is 0. The molecule has 0 rings (SSSR count). The van der Waals surface area contributed by atoms with Crippen molar-refractivity contribution in [1.29, 1.82) is 0 Å². The molecule has 2 unspecified atom stereocenters. The maximum Gasteiger partial charge on any atom is 0.236 e. The van der Waals surface area contributed by atoms with Crippen LogP contribution >= 0.6 is 0 Å². The smallest absolute Gasteiger partial charge is 0.236 e. The zero-order valence-corrected chi connectivity index (χ0v) is 9.22. The number of hydrogen-bond acceptors (Lipinski definition) is 3. The number of nitrogens with one attached hydrogen (secondary N) is 2. The summed E-state index contributed by atoms with van der Waals surface area (Å²) in [7, 11) is 5.77. The zero-order chi connectivity index (χ0) is 10.4. The van der Waals surface area contributed by atoms with E-state index in [1.54, 1.807) is 7.05 Å². The summed E-state index contributed by atoms with van der Waals surface area (Å²) >= 11 is 0. The van der Waals surface area contributed by atoms with Crippen LogP contribution in [0.15, 0.2) is 0 Å². The van der Waals surface area contributed by atoms with E-state index in [2.05, 4.69) is 22.5 Å². The van der Waals surface area contributed by atoms with Gasteiger partial charge in [0.25, 0.3) is 0 Å². The van der Waals surface area contributed by atoms with Gasteiger partial charge in [-0.15, -0.1) is 0 Å². The van der Waals surface area contributed by atoms with Gasteiger partial charge in [-0.2, -0.15) is 0 Å². The molecule has 0 saturated carbocycles. The van der Waals surface area contributed by atoms with E-state index in [0.29, 0.717) is 12.6 Å². The van der Waals surface area contributed by atoms with Crippen LogP contribution in [0.2, 0.25) is 0 Å². The van der Waals surface area contributed by atoms with E-state index < -0.39 is 0 Å². The van der Waals surface area contributed by atoms with Gasteiger partial charge < -0.3 is 15.5 Å². The first-order valence-electron chi connectivity index (χ1n) is 4.60. The number of amides is 1. The average Bonchev–Trinajstić information content (AvgIpc) is 2.11. The van der Waals surface area contributed by atoms with Crippen molar-refractivity contribution in [2.75, 3.05) is 27.7 Å². The summed E-state index contributed by atoms with van der Waals surface area (Å²) in [5, 5.41) is 5.76. The molecule has 2 N–H and O–H groups in total. The van der Waals surface area contributed by atoms with Gasteiger partial charge in [0.05, 0.1) is 6.04 Å². The fourth-order valence-electron chi connectivity index (χ4n) is 0.715. The molecule has 0 aromatic carbocycles. The van der Waals surface area contributed by atoms with Crippen LogP contribution < -0.4 is 10.6 Å². The van der Waals surface area contributed by atoms with Crippen LogP contribution in [-0.2, 0) is 4.79 Å². The highest BCUT2D eigenvalue weighted by atomic mass is 16.2. The third-order valence-electron chi connectivity index (χ3n) is 2.28. The van der Waals surface area contributed by atoms with Gasteiger partial charge in [-0.25, -0.2) is 0 Å². The van der Waals surface area contributed by atoms with E-state index in [4.69, 9.17) is 0 Å². The first-order valence-corrected chi connectivity index (χ1v) is 4.60. The molecule has 0 aliphatic heterocycles. The number of rotatable bonds is 5. The highest BCUT2D eigenvalue weighted by molar-refractivity contribution is 5.81. The molecule has 2 atom stereocenters. The topological polar surface area (TPSA) is 44.4 Å². The van der Waals surface area contributed by atoms with Crippen molar-refractivity contribution in [2.24, 2.45) is 0 Å². The second kappa shape index (κ2) is 5.94. The lowest BCUT2D eigenvalue weighted by atomic mass is 10.3. The van der Waals surface area contributed by atoms with E-state index in [0.717, 1.165) is 0 Å². The molecule has 0 fully saturated rings. The normalized spacial score (nSPS) is 15.5. The Labute approximate surface area is 80.7 Å². The Kier molecular flexibility index (Phi) is 5.66. The fraction of sp³-hybridized carbons (Fsp3) is 0.889. The second-order valence-corrected chi connectivity index (χ2v) is 3.57. The Bertz CT molecular complexity index is 159. The minimum absolute atomic E-state index is 0.0520.